The number of halogens is 1. The lowest BCUT2D eigenvalue weighted by Crippen LogP contribution is -2.15. The van der Waals surface area contributed by atoms with Crippen LogP contribution in [0.25, 0.3) is 0 Å². The van der Waals surface area contributed by atoms with Crippen LogP contribution in [0.3, 0.4) is 0 Å². The van der Waals surface area contributed by atoms with Crippen LogP contribution in [0, 0.1) is 12.7 Å². The normalized spacial score (nSPS) is 11.3. The minimum absolute atomic E-state index is 0.136. The summed E-state index contributed by atoms with van der Waals surface area (Å²) in [7, 11) is -4.00. The van der Waals surface area contributed by atoms with Crippen molar-refractivity contribution >= 4 is 15.7 Å². The predicted molar refractivity (Wildman–Crippen MR) is 74.1 cm³/mol. The van der Waals surface area contributed by atoms with Crippen LogP contribution in [0.15, 0.2) is 41.4 Å². The van der Waals surface area contributed by atoms with Gasteiger partial charge in [-0.1, -0.05) is 6.07 Å². The van der Waals surface area contributed by atoms with E-state index in [-0.39, 0.29) is 6.54 Å². The molecule has 0 unspecified atom stereocenters. The molecule has 0 spiro atoms. The van der Waals surface area contributed by atoms with Crippen molar-refractivity contribution in [2.75, 3.05) is 4.72 Å². The molecule has 0 amide bonds. The molecule has 5 nitrogen and oxygen atoms in total. The summed E-state index contributed by atoms with van der Waals surface area (Å²) in [5.41, 5.74) is 6.96. The van der Waals surface area contributed by atoms with E-state index in [0.717, 1.165) is 6.07 Å². The molecular formula is C13H14FN3O2S. The number of aryl methyl sites for hydroxylation is 1. The molecule has 2 aromatic rings. The van der Waals surface area contributed by atoms with Gasteiger partial charge in [0.2, 0.25) is 0 Å². The molecule has 2 rings (SSSR count). The van der Waals surface area contributed by atoms with Gasteiger partial charge >= 0.3 is 0 Å². The van der Waals surface area contributed by atoms with Crippen molar-refractivity contribution in [1.82, 2.24) is 4.98 Å². The van der Waals surface area contributed by atoms with E-state index in [9.17, 15) is 12.8 Å². The first-order valence-corrected chi connectivity index (χ1v) is 7.34. The van der Waals surface area contributed by atoms with Crippen LogP contribution < -0.4 is 10.5 Å². The Morgan fingerprint density at radius 3 is 2.70 bits per heavy atom. The molecule has 0 fully saturated rings. The molecule has 106 valence electrons. The highest BCUT2D eigenvalue weighted by Crippen LogP contribution is 2.20. The molecule has 0 aliphatic rings. The Kier molecular flexibility index (Phi) is 4.01. The Morgan fingerprint density at radius 2 is 2.05 bits per heavy atom. The molecular weight excluding hydrogens is 281 g/mol. The van der Waals surface area contributed by atoms with Crippen molar-refractivity contribution in [3.8, 4) is 0 Å². The van der Waals surface area contributed by atoms with Crippen LogP contribution >= 0.6 is 0 Å². The number of nitrogens with one attached hydrogen (secondary N) is 1. The first-order valence-electron chi connectivity index (χ1n) is 5.86. The number of pyridine rings is 1. The third-order valence-corrected chi connectivity index (χ3v) is 4.07. The summed E-state index contributed by atoms with van der Waals surface area (Å²) >= 11 is 0. The van der Waals surface area contributed by atoms with Crippen LogP contribution in [-0.4, -0.2) is 13.4 Å². The van der Waals surface area contributed by atoms with E-state index in [2.05, 4.69) is 9.71 Å². The average Bonchev–Trinajstić information content (AvgIpc) is 2.38. The fourth-order valence-corrected chi connectivity index (χ4v) is 2.88. The number of aromatic nitrogens is 1. The van der Waals surface area contributed by atoms with Gasteiger partial charge in [0.1, 0.15) is 10.7 Å². The molecule has 20 heavy (non-hydrogen) atoms. The van der Waals surface area contributed by atoms with E-state index in [1.807, 2.05) is 0 Å². The fourth-order valence-electron chi connectivity index (χ4n) is 1.70. The van der Waals surface area contributed by atoms with Gasteiger partial charge in [-0.05, 0) is 36.8 Å². The number of hydrogen-bond donors (Lipinski definition) is 2. The maximum atomic E-state index is 13.7. The summed E-state index contributed by atoms with van der Waals surface area (Å²) < 4.78 is 40.4. The number of nitrogens with zero attached hydrogens (tertiary/aromatic N) is 1. The molecule has 0 saturated heterocycles. The smallest absolute Gasteiger partial charge is 0.264 e. The standard InChI is InChI=1S/C13H14FN3O2S/c1-9-6-11(4-5-16-9)17-20(18,19)13-7-10(8-15)2-3-12(13)14/h2-7H,8,15H2,1H3,(H,16,17). The lowest BCUT2D eigenvalue weighted by atomic mass is 10.2. The Bertz CT molecular complexity index is 732. The molecule has 0 bridgehead atoms. The number of hydrogen-bond acceptors (Lipinski definition) is 4. The number of rotatable bonds is 4. The zero-order chi connectivity index (χ0) is 14.8. The predicted octanol–water partition coefficient (Wildman–Crippen LogP) is 1.79. The summed E-state index contributed by atoms with van der Waals surface area (Å²) in [4.78, 5) is 3.54. The second-order valence-electron chi connectivity index (χ2n) is 4.26. The van der Waals surface area contributed by atoms with Crippen LogP contribution in [0.2, 0.25) is 0 Å². The fraction of sp³-hybridized carbons (Fsp3) is 0.154. The molecule has 0 atom stereocenters. The van der Waals surface area contributed by atoms with Crippen molar-refractivity contribution in [3.05, 3.63) is 53.6 Å². The summed E-state index contributed by atoms with van der Waals surface area (Å²) in [6.07, 6.45) is 1.47. The maximum Gasteiger partial charge on any atom is 0.264 e. The van der Waals surface area contributed by atoms with Crippen LogP contribution in [0.1, 0.15) is 11.3 Å². The lowest BCUT2D eigenvalue weighted by molar-refractivity contribution is 0.569. The SMILES string of the molecule is Cc1cc(NS(=O)(=O)c2cc(CN)ccc2F)ccn1. The van der Waals surface area contributed by atoms with Gasteiger partial charge in [-0.15, -0.1) is 0 Å². The molecule has 0 aliphatic carbocycles. The first-order chi connectivity index (χ1) is 9.42. The second kappa shape index (κ2) is 5.56. The van der Waals surface area contributed by atoms with E-state index in [1.165, 1.54) is 24.4 Å². The second-order valence-corrected chi connectivity index (χ2v) is 5.91. The van der Waals surface area contributed by atoms with Gasteiger partial charge < -0.3 is 5.73 Å². The molecule has 0 saturated carbocycles. The molecule has 1 aromatic carbocycles. The van der Waals surface area contributed by atoms with Gasteiger partial charge in [-0.2, -0.15) is 0 Å². The highest BCUT2D eigenvalue weighted by molar-refractivity contribution is 7.92. The largest absolute Gasteiger partial charge is 0.326 e. The molecule has 0 aliphatic heterocycles. The monoisotopic (exact) mass is 295 g/mol. The number of benzene rings is 1. The van der Waals surface area contributed by atoms with Gasteiger partial charge in [0.05, 0.1) is 5.69 Å². The lowest BCUT2D eigenvalue weighted by Gasteiger charge is -2.10. The number of sulfonamides is 1. The van der Waals surface area contributed by atoms with Crippen LogP contribution in [-0.2, 0) is 16.6 Å². The number of nitrogens with two attached hydrogens (primary N) is 1. The topological polar surface area (TPSA) is 85.1 Å². The highest BCUT2D eigenvalue weighted by Gasteiger charge is 2.19. The van der Waals surface area contributed by atoms with E-state index in [4.69, 9.17) is 5.73 Å². The quantitative estimate of drug-likeness (QED) is 0.900. The Morgan fingerprint density at radius 1 is 1.30 bits per heavy atom. The zero-order valence-corrected chi connectivity index (χ0v) is 11.6. The first kappa shape index (κ1) is 14.4. The van der Waals surface area contributed by atoms with E-state index < -0.39 is 20.7 Å². The van der Waals surface area contributed by atoms with Gasteiger partial charge in [-0.3, -0.25) is 9.71 Å². The van der Waals surface area contributed by atoms with Crippen molar-refractivity contribution < 1.29 is 12.8 Å². The Labute approximate surface area is 116 Å². The van der Waals surface area contributed by atoms with Crippen LogP contribution in [0.4, 0.5) is 10.1 Å². The van der Waals surface area contributed by atoms with Crippen molar-refractivity contribution in [1.29, 1.82) is 0 Å². The third kappa shape index (κ3) is 3.12. The summed E-state index contributed by atoms with van der Waals surface area (Å²) in [6.45, 7) is 1.87. The summed E-state index contributed by atoms with van der Waals surface area (Å²) in [6, 6.07) is 6.82. The summed E-state index contributed by atoms with van der Waals surface area (Å²) in [5.74, 6) is -0.819. The van der Waals surface area contributed by atoms with Crippen molar-refractivity contribution in [3.63, 3.8) is 0 Å². The Balaban J connectivity index is 2.40. The minimum atomic E-state index is -4.00. The van der Waals surface area contributed by atoms with Gasteiger partial charge in [0.25, 0.3) is 10.0 Å². The van der Waals surface area contributed by atoms with E-state index >= 15 is 0 Å². The van der Waals surface area contributed by atoms with Gasteiger partial charge in [0, 0.05) is 18.4 Å². The third-order valence-electron chi connectivity index (χ3n) is 2.67. The van der Waals surface area contributed by atoms with Crippen LogP contribution in [0.5, 0.6) is 0 Å². The summed E-state index contributed by atoms with van der Waals surface area (Å²) in [5, 5.41) is 0. The maximum absolute atomic E-state index is 13.7. The van der Waals surface area contributed by atoms with Crippen molar-refractivity contribution in [2.24, 2.45) is 5.73 Å². The molecule has 1 aromatic heterocycles. The molecule has 0 radical (unpaired) electrons. The molecule has 7 heteroatoms. The van der Waals surface area contributed by atoms with Gasteiger partial charge in [0.15, 0.2) is 0 Å². The molecule has 3 N–H and O–H groups in total. The average molecular weight is 295 g/mol. The van der Waals surface area contributed by atoms with Gasteiger partial charge in [-0.25, -0.2) is 12.8 Å². The Hall–Kier alpha value is -1.99. The van der Waals surface area contributed by atoms with E-state index in [0.29, 0.717) is 16.9 Å². The van der Waals surface area contributed by atoms with E-state index in [1.54, 1.807) is 13.0 Å². The highest BCUT2D eigenvalue weighted by atomic mass is 32.2. The van der Waals surface area contributed by atoms with Crippen molar-refractivity contribution in [2.45, 2.75) is 18.4 Å². The number of anilines is 1. The zero-order valence-electron chi connectivity index (χ0n) is 10.8. The minimum Gasteiger partial charge on any atom is -0.326 e. The molecule has 1 heterocycles.